The molecule has 1 heterocycles. The Hall–Kier alpha value is -1.99. The fourth-order valence-corrected chi connectivity index (χ4v) is 4.27. The maximum Gasteiger partial charge on any atom is 0.387 e. The van der Waals surface area contributed by atoms with Crippen molar-refractivity contribution in [2.24, 2.45) is 5.92 Å². The number of carbonyl (C=O) groups excluding carboxylic acids is 1. The minimum atomic E-state index is -2.99. The van der Waals surface area contributed by atoms with E-state index in [0.29, 0.717) is 22.0 Å². The van der Waals surface area contributed by atoms with Gasteiger partial charge in [0.15, 0.2) is 0 Å². The number of nitrogens with one attached hydrogen (secondary N) is 1. The highest BCUT2D eigenvalue weighted by Crippen LogP contribution is 2.36. The quantitative estimate of drug-likeness (QED) is 0.716. The molecule has 1 aromatic carbocycles. The Morgan fingerprint density at radius 2 is 1.97 bits per heavy atom. The molecule has 158 valence electrons. The van der Waals surface area contributed by atoms with Gasteiger partial charge in [0.25, 0.3) is 5.91 Å². The van der Waals surface area contributed by atoms with E-state index in [9.17, 15) is 18.7 Å². The zero-order valence-corrected chi connectivity index (χ0v) is 17.4. The molecule has 8 heteroatoms. The third-order valence-corrected chi connectivity index (χ3v) is 5.92. The highest BCUT2D eigenvalue weighted by Gasteiger charge is 2.31. The summed E-state index contributed by atoms with van der Waals surface area (Å²) < 4.78 is 29.7. The number of aliphatic hydroxyl groups is 1. The standard InChI is InChI=1S/C21H25ClF2N2O3/c1-11-17-12(9-16(22)18(11)29-20(23)24)8-13(10-25-17)19(27)26-15-6-4-14(5-7-15)21(2,3)28/h8-10,14-15,20,28H,4-7H2,1-3H3,(H,26,27). The van der Waals surface area contributed by atoms with Gasteiger partial charge in [-0.1, -0.05) is 11.6 Å². The van der Waals surface area contributed by atoms with Crippen molar-refractivity contribution in [2.75, 3.05) is 0 Å². The maximum atomic E-state index is 12.7. The molecule has 2 N–H and O–H groups in total. The van der Waals surface area contributed by atoms with Crippen LogP contribution in [0.3, 0.4) is 0 Å². The number of carbonyl (C=O) groups is 1. The molecule has 1 fully saturated rings. The zero-order chi connectivity index (χ0) is 21.3. The molecule has 0 radical (unpaired) electrons. The van der Waals surface area contributed by atoms with Crippen LogP contribution in [0, 0.1) is 12.8 Å². The van der Waals surface area contributed by atoms with Crippen molar-refractivity contribution < 1.29 is 23.4 Å². The lowest BCUT2D eigenvalue weighted by Crippen LogP contribution is -2.41. The minimum absolute atomic E-state index is 0.0413. The second-order valence-corrected chi connectivity index (χ2v) is 8.57. The predicted octanol–water partition coefficient (Wildman–Crippen LogP) is 4.86. The number of benzene rings is 1. The summed E-state index contributed by atoms with van der Waals surface area (Å²) in [4.78, 5) is 16.9. The minimum Gasteiger partial charge on any atom is -0.433 e. The summed E-state index contributed by atoms with van der Waals surface area (Å²) in [6, 6.07) is 3.16. The third-order valence-electron chi connectivity index (χ3n) is 5.64. The Morgan fingerprint density at radius 3 is 2.55 bits per heavy atom. The van der Waals surface area contributed by atoms with E-state index in [1.165, 1.54) is 12.3 Å². The molecule has 3 rings (SSSR count). The lowest BCUT2D eigenvalue weighted by Gasteiger charge is -2.36. The average molecular weight is 427 g/mol. The number of rotatable bonds is 5. The fraction of sp³-hybridized carbons (Fsp3) is 0.524. The van der Waals surface area contributed by atoms with Crippen LogP contribution in [0.2, 0.25) is 5.02 Å². The molecule has 29 heavy (non-hydrogen) atoms. The largest absolute Gasteiger partial charge is 0.433 e. The molecule has 0 saturated heterocycles. The lowest BCUT2D eigenvalue weighted by atomic mass is 9.77. The van der Waals surface area contributed by atoms with Gasteiger partial charge in [0.2, 0.25) is 0 Å². The summed E-state index contributed by atoms with van der Waals surface area (Å²) in [5.41, 5.74) is 0.512. The van der Waals surface area contributed by atoms with Gasteiger partial charge < -0.3 is 15.2 Å². The first-order valence-electron chi connectivity index (χ1n) is 9.63. The molecule has 1 aliphatic rings. The normalized spacial score (nSPS) is 20.1. The summed E-state index contributed by atoms with van der Waals surface area (Å²) in [6.07, 6.45) is 4.74. The number of aryl methyl sites for hydroxylation is 1. The first kappa shape index (κ1) is 21.7. The number of hydrogen-bond acceptors (Lipinski definition) is 4. The van der Waals surface area contributed by atoms with Gasteiger partial charge in [0, 0.05) is 23.2 Å². The van der Waals surface area contributed by atoms with Gasteiger partial charge in [-0.3, -0.25) is 9.78 Å². The molecule has 0 spiro atoms. The van der Waals surface area contributed by atoms with Gasteiger partial charge in [0.1, 0.15) is 5.75 Å². The van der Waals surface area contributed by atoms with Crippen molar-refractivity contribution in [3.8, 4) is 5.75 Å². The molecule has 0 aliphatic heterocycles. The van der Waals surface area contributed by atoms with Crippen LogP contribution in [0.5, 0.6) is 5.75 Å². The number of halogens is 3. The number of hydrogen-bond donors (Lipinski definition) is 2. The van der Waals surface area contributed by atoms with Crippen LogP contribution < -0.4 is 10.1 Å². The Morgan fingerprint density at radius 1 is 1.31 bits per heavy atom. The highest BCUT2D eigenvalue weighted by atomic mass is 35.5. The number of fused-ring (bicyclic) bond motifs is 1. The maximum absolute atomic E-state index is 12.7. The Labute approximate surface area is 173 Å². The van der Waals surface area contributed by atoms with Crippen molar-refractivity contribution in [1.29, 1.82) is 0 Å². The summed E-state index contributed by atoms with van der Waals surface area (Å²) >= 11 is 6.08. The highest BCUT2D eigenvalue weighted by molar-refractivity contribution is 6.33. The number of alkyl halides is 2. The van der Waals surface area contributed by atoms with E-state index in [1.807, 2.05) is 13.8 Å². The van der Waals surface area contributed by atoms with Gasteiger partial charge in [-0.05, 0) is 64.5 Å². The van der Waals surface area contributed by atoms with Crippen molar-refractivity contribution in [3.05, 3.63) is 34.5 Å². The number of nitrogens with zero attached hydrogens (tertiary/aromatic N) is 1. The summed E-state index contributed by atoms with van der Waals surface area (Å²) in [6.45, 7) is 2.25. The van der Waals surface area contributed by atoms with E-state index in [1.54, 1.807) is 13.0 Å². The molecular weight excluding hydrogens is 402 g/mol. The van der Waals surface area contributed by atoms with Gasteiger partial charge >= 0.3 is 6.61 Å². The Kier molecular flexibility index (Phi) is 6.29. The van der Waals surface area contributed by atoms with Crippen LogP contribution in [0.4, 0.5) is 8.78 Å². The first-order chi connectivity index (χ1) is 13.6. The molecule has 1 aliphatic carbocycles. The Bertz CT molecular complexity index is 907. The van der Waals surface area contributed by atoms with Gasteiger partial charge in [-0.15, -0.1) is 0 Å². The summed E-state index contributed by atoms with van der Waals surface area (Å²) in [7, 11) is 0. The van der Waals surface area contributed by atoms with Crippen LogP contribution in [0.25, 0.3) is 10.9 Å². The molecular formula is C21H25ClF2N2O3. The van der Waals surface area contributed by atoms with Crippen molar-refractivity contribution >= 4 is 28.4 Å². The molecule has 0 atom stereocenters. The van der Waals surface area contributed by atoms with Crippen LogP contribution >= 0.6 is 11.6 Å². The average Bonchev–Trinajstić information content (AvgIpc) is 2.64. The second kappa shape index (κ2) is 8.40. The number of ether oxygens (including phenoxy) is 1. The molecule has 0 bridgehead atoms. The van der Waals surface area contributed by atoms with E-state index >= 15 is 0 Å². The van der Waals surface area contributed by atoms with E-state index < -0.39 is 12.2 Å². The van der Waals surface area contributed by atoms with E-state index in [2.05, 4.69) is 15.0 Å². The number of aromatic nitrogens is 1. The molecule has 5 nitrogen and oxygen atoms in total. The molecule has 0 unspecified atom stereocenters. The first-order valence-corrected chi connectivity index (χ1v) is 10.0. The molecule has 1 amide bonds. The van der Waals surface area contributed by atoms with Crippen molar-refractivity contribution in [1.82, 2.24) is 10.3 Å². The lowest BCUT2D eigenvalue weighted by molar-refractivity contribution is -0.0501. The Balaban J connectivity index is 1.74. The smallest absolute Gasteiger partial charge is 0.387 e. The van der Waals surface area contributed by atoms with Crippen molar-refractivity contribution in [3.63, 3.8) is 0 Å². The van der Waals surface area contributed by atoms with Crippen LogP contribution in [-0.4, -0.2) is 34.3 Å². The van der Waals surface area contributed by atoms with E-state index in [4.69, 9.17) is 11.6 Å². The molecule has 2 aromatic rings. The van der Waals surface area contributed by atoms with E-state index in [-0.39, 0.29) is 28.6 Å². The van der Waals surface area contributed by atoms with Gasteiger partial charge in [-0.2, -0.15) is 8.78 Å². The summed E-state index contributed by atoms with van der Waals surface area (Å²) in [5.74, 6) is -0.122. The topological polar surface area (TPSA) is 71.5 Å². The molecule has 1 aromatic heterocycles. The number of amides is 1. The number of pyridine rings is 1. The van der Waals surface area contributed by atoms with Gasteiger partial charge in [0.05, 0.1) is 21.7 Å². The van der Waals surface area contributed by atoms with Crippen LogP contribution in [0.1, 0.15) is 55.5 Å². The van der Waals surface area contributed by atoms with Crippen LogP contribution in [0.15, 0.2) is 18.3 Å². The predicted molar refractivity (Wildman–Crippen MR) is 108 cm³/mol. The molecule has 1 saturated carbocycles. The SMILES string of the molecule is Cc1c(OC(F)F)c(Cl)cc2cc(C(=O)NC3CCC(C(C)(C)O)CC3)cnc12. The monoisotopic (exact) mass is 426 g/mol. The second-order valence-electron chi connectivity index (χ2n) is 8.16. The third kappa shape index (κ3) is 4.95. The van der Waals surface area contributed by atoms with Crippen LogP contribution in [-0.2, 0) is 0 Å². The van der Waals surface area contributed by atoms with Gasteiger partial charge in [-0.25, -0.2) is 0 Å². The van der Waals surface area contributed by atoms with Crippen molar-refractivity contribution in [2.45, 2.75) is 64.7 Å². The zero-order valence-electron chi connectivity index (χ0n) is 16.6. The fourth-order valence-electron chi connectivity index (χ4n) is 3.96. The van der Waals surface area contributed by atoms with E-state index in [0.717, 1.165) is 25.7 Å². The summed E-state index contributed by atoms with van der Waals surface area (Å²) in [5, 5.41) is 13.8.